The molecule has 0 aromatic rings. The second kappa shape index (κ2) is 6.40. The average molecular weight is 175 g/mol. The van der Waals surface area contributed by atoms with Crippen molar-refractivity contribution in [2.24, 2.45) is 0 Å². The van der Waals surface area contributed by atoms with E-state index in [1.807, 2.05) is 20.8 Å². The van der Waals surface area contributed by atoms with E-state index in [1.165, 1.54) is 0 Å². The van der Waals surface area contributed by atoms with Gasteiger partial charge in [-0.3, -0.25) is 0 Å². The predicted octanol–water partition coefficient (Wildman–Crippen LogP) is 0.774. The van der Waals surface area contributed by atoms with Crippen LogP contribution >= 0.6 is 0 Å². The molecule has 0 aromatic heterocycles. The average Bonchev–Trinajstić information content (AvgIpc) is 1.94. The molecule has 0 unspecified atom stereocenters. The van der Waals surface area contributed by atoms with Crippen molar-refractivity contribution in [3.63, 3.8) is 0 Å². The van der Waals surface area contributed by atoms with Crippen molar-refractivity contribution in [3.8, 4) is 0 Å². The van der Waals surface area contributed by atoms with Crippen LogP contribution in [0, 0.1) is 0 Å². The van der Waals surface area contributed by atoms with Crippen LogP contribution in [0.3, 0.4) is 0 Å². The number of ether oxygens (including phenoxy) is 1. The SMILES string of the molecule is CC(C)(C)OCCNCCCO. The topological polar surface area (TPSA) is 41.5 Å². The van der Waals surface area contributed by atoms with Gasteiger partial charge in [0.1, 0.15) is 0 Å². The zero-order chi connectivity index (χ0) is 9.45. The minimum absolute atomic E-state index is 0.0430. The summed E-state index contributed by atoms with van der Waals surface area (Å²) in [6.07, 6.45) is 0.815. The van der Waals surface area contributed by atoms with E-state index < -0.39 is 0 Å². The van der Waals surface area contributed by atoms with Gasteiger partial charge in [-0.2, -0.15) is 0 Å². The second-order valence-electron chi connectivity index (χ2n) is 3.79. The highest BCUT2D eigenvalue weighted by atomic mass is 16.5. The Hall–Kier alpha value is -0.120. The van der Waals surface area contributed by atoms with E-state index in [0.29, 0.717) is 0 Å². The molecular formula is C9H21NO2. The fraction of sp³-hybridized carbons (Fsp3) is 1.00. The number of rotatable bonds is 6. The van der Waals surface area contributed by atoms with Crippen LogP contribution in [-0.2, 0) is 4.74 Å². The Morgan fingerprint density at radius 3 is 2.42 bits per heavy atom. The molecule has 12 heavy (non-hydrogen) atoms. The van der Waals surface area contributed by atoms with Crippen molar-refractivity contribution in [2.75, 3.05) is 26.3 Å². The van der Waals surface area contributed by atoms with Gasteiger partial charge in [0.25, 0.3) is 0 Å². The summed E-state index contributed by atoms with van der Waals surface area (Å²) in [6, 6.07) is 0. The molecule has 0 atom stereocenters. The van der Waals surface area contributed by atoms with Crippen LogP contribution in [0.1, 0.15) is 27.2 Å². The zero-order valence-electron chi connectivity index (χ0n) is 8.39. The summed E-state index contributed by atoms with van der Waals surface area (Å²) in [4.78, 5) is 0. The molecule has 0 bridgehead atoms. The van der Waals surface area contributed by atoms with Crippen molar-refractivity contribution in [1.82, 2.24) is 5.32 Å². The third-order valence-electron chi connectivity index (χ3n) is 1.33. The van der Waals surface area contributed by atoms with E-state index in [-0.39, 0.29) is 12.2 Å². The Labute approximate surface area is 75.1 Å². The summed E-state index contributed by atoms with van der Waals surface area (Å²) in [5, 5.41) is 11.7. The molecule has 0 fully saturated rings. The third-order valence-corrected chi connectivity index (χ3v) is 1.33. The van der Waals surface area contributed by atoms with Gasteiger partial charge in [-0.05, 0) is 33.7 Å². The molecule has 0 rings (SSSR count). The molecule has 3 heteroatoms. The molecule has 0 aliphatic rings. The second-order valence-corrected chi connectivity index (χ2v) is 3.79. The van der Waals surface area contributed by atoms with Gasteiger partial charge in [0.15, 0.2) is 0 Å². The summed E-state index contributed by atoms with van der Waals surface area (Å²) >= 11 is 0. The van der Waals surface area contributed by atoms with Gasteiger partial charge < -0.3 is 15.2 Å². The third kappa shape index (κ3) is 9.88. The summed E-state index contributed by atoms with van der Waals surface area (Å²) < 4.78 is 5.48. The monoisotopic (exact) mass is 175 g/mol. The lowest BCUT2D eigenvalue weighted by atomic mass is 10.2. The molecule has 74 valence electrons. The largest absolute Gasteiger partial charge is 0.396 e. The zero-order valence-corrected chi connectivity index (χ0v) is 8.39. The lowest BCUT2D eigenvalue weighted by Crippen LogP contribution is -2.27. The summed E-state index contributed by atoms with van der Waals surface area (Å²) in [7, 11) is 0. The van der Waals surface area contributed by atoms with Gasteiger partial charge in [0.05, 0.1) is 12.2 Å². The van der Waals surface area contributed by atoms with Gasteiger partial charge in [0.2, 0.25) is 0 Å². The summed E-state index contributed by atoms with van der Waals surface area (Å²) in [5.41, 5.74) is -0.0430. The van der Waals surface area contributed by atoms with E-state index in [1.54, 1.807) is 0 Å². The minimum Gasteiger partial charge on any atom is -0.396 e. The van der Waals surface area contributed by atoms with Gasteiger partial charge >= 0.3 is 0 Å². The first-order valence-corrected chi connectivity index (χ1v) is 4.52. The molecule has 0 saturated carbocycles. The molecule has 3 nitrogen and oxygen atoms in total. The molecule has 0 radical (unpaired) electrons. The number of hydrogen-bond donors (Lipinski definition) is 2. The Morgan fingerprint density at radius 1 is 1.25 bits per heavy atom. The molecule has 0 heterocycles. The minimum atomic E-state index is -0.0430. The fourth-order valence-electron chi connectivity index (χ4n) is 0.758. The predicted molar refractivity (Wildman–Crippen MR) is 50.3 cm³/mol. The van der Waals surface area contributed by atoms with Crippen molar-refractivity contribution < 1.29 is 9.84 Å². The molecule has 2 N–H and O–H groups in total. The summed E-state index contributed by atoms with van der Waals surface area (Å²) in [5.74, 6) is 0. The van der Waals surface area contributed by atoms with Gasteiger partial charge in [-0.25, -0.2) is 0 Å². The maximum Gasteiger partial charge on any atom is 0.0599 e. The normalized spacial score (nSPS) is 12.0. The molecule has 0 aromatic carbocycles. The van der Waals surface area contributed by atoms with Crippen LogP contribution in [-0.4, -0.2) is 37.0 Å². The first-order valence-electron chi connectivity index (χ1n) is 4.52. The fourth-order valence-corrected chi connectivity index (χ4v) is 0.758. The van der Waals surface area contributed by atoms with E-state index in [0.717, 1.165) is 26.1 Å². The molecule has 0 aliphatic heterocycles. The first kappa shape index (κ1) is 11.9. The molecule has 0 saturated heterocycles. The van der Waals surface area contributed by atoms with E-state index >= 15 is 0 Å². The number of nitrogens with one attached hydrogen (secondary N) is 1. The van der Waals surface area contributed by atoms with Crippen molar-refractivity contribution in [2.45, 2.75) is 32.8 Å². The van der Waals surface area contributed by atoms with Crippen LogP contribution in [0.15, 0.2) is 0 Å². The highest BCUT2D eigenvalue weighted by Crippen LogP contribution is 2.04. The van der Waals surface area contributed by atoms with Gasteiger partial charge in [-0.15, -0.1) is 0 Å². The van der Waals surface area contributed by atoms with Crippen LogP contribution < -0.4 is 5.32 Å². The highest BCUT2D eigenvalue weighted by Gasteiger charge is 2.08. The van der Waals surface area contributed by atoms with Crippen LogP contribution in [0.5, 0.6) is 0 Å². The quantitative estimate of drug-likeness (QED) is 0.586. The maximum atomic E-state index is 8.48. The van der Waals surface area contributed by atoms with Crippen LogP contribution in [0.4, 0.5) is 0 Å². The Morgan fingerprint density at radius 2 is 1.92 bits per heavy atom. The molecule has 0 amide bonds. The molecule has 0 spiro atoms. The molecule has 0 aliphatic carbocycles. The van der Waals surface area contributed by atoms with Gasteiger partial charge in [0, 0.05) is 13.2 Å². The maximum absolute atomic E-state index is 8.48. The lowest BCUT2D eigenvalue weighted by molar-refractivity contribution is -0.000828. The highest BCUT2D eigenvalue weighted by molar-refractivity contribution is 4.59. The van der Waals surface area contributed by atoms with Gasteiger partial charge in [-0.1, -0.05) is 0 Å². The Balaban J connectivity index is 3.01. The van der Waals surface area contributed by atoms with E-state index in [4.69, 9.17) is 9.84 Å². The standard InChI is InChI=1S/C9H21NO2/c1-9(2,3)12-8-6-10-5-4-7-11/h10-11H,4-8H2,1-3H3. The Kier molecular flexibility index (Phi) is 6.34. The smallest absolute Gasteiger partial charge is 0.0599 e. The van der Waals surface area contributed by atoms with E-state index in [9.17, 15) is 0 Å². The molecular weight excluding hydrogens is 154 g/mol. The Bertz CT molecular complexity index is 99.2. The number of aliphatic hydroxyl groups is 1. The summed E-state index contributed by atoms with van der Waals surface area (Å²) in [6.45, 7) is 8.84. The lowest BCUT2D eigenvalue weighted by Gasteiger charge is -2.19. The van der Waals surface area contributed by atoms with Crippen molar-refractivity contribution in [1.29, 1.82) is 0 Å². The first-order chi connectivity index (χ1) is 5.56. The van der Waals surface area contributed by atoms with Crippen molar-refractivity contribution in [3.05, 3.63) is 0 Å². The van der Waals surface area contributed by atoms with Crippen LogP contribution in [0.25, 0.3) is 0 Å². The number of hydrogen-bond acceptors (Lipinski definition) is 3. The van der Waals surface area contributed by atoms with Crippen LogP contribution in [0.2, 0.25) is 0 Å². The van der Waals surface area contributed by atoms with Crippen molar-refractivity contribution >= 4 is 0 Å². The van der Waals surface area contributed by atoms with E-state index in [2.05, 4.69) is 5.32 Å². The number of aliphatic hydroxyl groups excluding tert-OH is 1.